The number of aryl methyl sites for hydroxylation is 1. The van der Waals surface area contributed by atoms with Gasteiger partial charge in [-0.1, -0.05) is 0 Å². The second-order valence-corrected chi connectivity index (χ2v) is 5.95. The summed E-state index contributed by atoms with van der Waals surface area (Å²) in [5.41, 5.74) is 4.26. The van der Waals surface area contributed by atoms with E-state index >= 15 is 0 Å². The number of nitrogens with zero attached hydrogens (tertiary/aromatic N) is 4. The second kappa shape index (κ2) is 5.96. The molecule has 0 aromatic carbocycles. The molecule has 0 saturated heterocycles. The van der Waals surface area contributed by atoms with Crippen LogP contribution >= 0.6 is 0 Å². The Bertz CT molecular complexity index is 853. The van der Waals surface area contributed by atoms with E-state index in [4.69, 9.17) is 4.42 Å². The van der Waals surface area contributed by atoms with E-state index in [0.29, 0.717) is 18.8 Å². The molecule has 3 aromatic heterocycles. The number of carbonyl (C=O) groups is 1. The lowest BCUT2D eigenvalue weighted by molar-refractivity contribution is 0.0710. The van der Waals surface area contributed by atoms with Gasteiger partial charge in [0.15, 0.2) is 5.76 Å². The number of pyridine rings is 1. The second-order valence-electron chi connectivity index (χ2n) is 5.95. The fraction of sp³-hybridized carbons (Fsp3) is 0.278. The molecular weight excluding hydrogens is 304 g/mol. The van der Waals surface area contributed by atoms with E-state index in [1.807, 2.05) is 35.0 Å². The molecule has 1 amide bonds. The van der Waals surface area contributed by atoms with Gasteiger partial charge in [0.1, 0.15) is 0 Å². The highest BCUT2D eigenvalue weighted by Gasteiger charge is 2.26. The summed E-state index contributed by atoms with van der Waals surface area (Å²) in [7, 11) is 1.93. The number of rotatable bonds is 2. The summed E-state index contributed by atoms with van der Waals surface area (Å²) in [6.07, 6.45) is 6.92. The molecule has 0 N–H and O–H groups in total. The van der Waals surface area contributed by atoms with Gasteiger partial charge in [0.05, 0.1) is 24.2 Å². The van der Waals surface area contributed by atoms with E-state index in [2.05, 4.69) is 10.1 Å². The van der Waals surface area contributed by atoms with Crippen LogP contribution in [0.2, 0.25) is 0 Å². The summed E-state index contributed by atoms with van der Waals surface area (Å²) < 4.78 is 7.14. The van der Waals surface area contributed by atoms with Crippen molar-refractivity contribution in [2.24, 2.45) is 7.05 Å². The molecule has 1 aliphatic heterocycles. The van der Waals surface area contributed by atoms with Gasteiger partial charge in [-0.25, -0.2) is 0 Å². The molecule has 0 spiro atoms. The number of fused-ring (bicyclic) bond motifs is 1. The summed E-state index contributed by atoms with van der Waals surface area (Å²) in [4.78, 5) is 18.6. The number of hydrogen-bond acceptors (Lipinski definition) is 4. The average Bonchev–Trinajstić information content (AvgIpc) is 3.18. The van der Waals surface area contributed by atoms with Gasteiger partial charge in [-0.15, -0.1) is 0 Å². The molecule has 4 heterocycles. The smallest absolute Gasteiger partial charge is 0.289 e. The van der Waals surface area contributed by atoms with Crippen LogP contribution in [0.3, 0.4) is 0 Å². The lowest BCUT2D eigenvalue weighted by Gasteiger charge is -2.19. The Morgan fingerprint density at radius 3 is 2.96 bits per heavy atom. The maximum Gasteiger partial charge on any atom is 0.289 e. The molecule has 6 nitrogen and oxygen atoms in total. The van der Waals surface area contributed by atoms with E-state index < -0.39 is 0 Å². The third-order valence-electron chi connectivity index (χ3n) is 4.42. The minimum atomic E-state index is -0.0722. The Morgan fingerprint density at radius 2 is 2.21 bits per heavy atom. The van der Waals surface area contributed by atoms with Crippen molar-refractivity contribution in [2.75, 3.05) is 6.54 Å². The van der Waals surface area contributed by atoms with Crippen molar-refractivity contribution in [1.29, 1.82) is 0 Å². The van der Waals surface area contributed by atoms with E-state index in [1.54, 1.807) is 18.3 Å². The summed E-state index contributed by atoms with van der Waals surface area (Å²) in [5.74, 6) is 0.310. The van der Waals surface area contributed by atoms with Crippen LogP contribution in [-0.2, 0) is 20.0 Å². The lowest BCUT2D eigenvalue weighted by atomic mass is 10.0. The SMILES string of the molecule is Cn1nc(-c2cccnc2)c2c1CN(C(=O)c1ccco1)CCC2. The molecule has 0 aliphatic carbocycles. The predicted octanol–water partition coefficient (Wildman–Crippen LogP) is 2.66. The predicted molar refractivity (Wildman–Crippen MR) is 88.2 cm³/mol. The molecule has 122 valence electrons. The maximum atomic E-state index is 12.6. The van der Waals surface area contributed by atoms with Crippen molar-refractivity contribution in [3.8, 4) is 11.3 Å². The molecule has 0 unspecified atom stereocenters. The average molecular weight is 322 g/mol. The van der Waals surface area contributed by atoms with Crippen LogP contribution < -0.4 is 0 Å². The molecule has 0 fully saturated rings. The Kier molecular flexibility index (Phi) is 3.65. The van der Waals surface area contributed by atoms with Crippen LogP contribution in [0, 0.1) is 0 Å². The van der Waals surface area contributed by atoms with Crippen LogP contribution in [0.4, 0.5) is 0 Å². The van der Waals surface area contributed by atoms with Crippen LogP contribution in [-0.4, -0.2) is 32.1 Å². The molecule has 0 radical (unpaired) electrons. The molecule has 1 aliphatic rings. The van der Waals surface area contributed by atoms with Crippen molar-refractivity contribution >= 4 is 5.91 Å². The first-order valence-electron chi connectivity index (χ1n) is 8.02. The van der Waals surface area contributed by atoms with E-state index in [-0.39, 0.29) is 5.91 Å². The highest BCUT2D eigenvalue weighted by Crippen LogP contribution is 2.29. The van der Waals surface area contributed by atoms with Gasteiger partial charge in [0.2, 0.25) is 0 Å². The number of carbonyl (C=O) groups excluding carboxylic acids is 1. The highest BCUT2D eigenvalue weighted by atomic mass is 16.3. The first-order chi connectivity index (χ1) is 11.7. The summed E-state index contributed by atoms with van der Waals surface area (Å²) >= 11 is 0. The van der Waals surface area contributed by atoms with Gasteiger partial charge in [0, 0.05) is 37.1 Å². The molecular formula is C18H18N4O2. The Labute approximate surface area is 139 Å². The number of amides is 1. The fourth-order valence-electron chi connectivity index (χ4n) is 3.23. The van der Waals surface area contributed by atoms with Crippen molar-refractivity contribution in [3.63, 3.8) is 0 Å². The first kappa shape index (κ1) is 14.7. The fourth-order valence-corrected chi connectivity index (χ4v) is 3.23. The van der Waals surface area contributed by atoms with Gasteiger partial charge < -0.3 is 9.32 Å². The summed E-state index contributed by atoms with van der Waals surface area (Å²) in [6.45, 7) is 1.25. The standard InChI is InChI=1S/C18H18N4O2/c1-21-15-12-22(18(23)16-7-4-10-24-16)9-3-6-14(15)17(20-21)13-5-2-8-19-11-13/h2,4-5,7-8,10-11H,3,6,9,12H2,1H3. The van der Waals surface area contributed by atoms with Gasteiger partial charge in [-0.2, -0.15) is 5.10 Å². The summed E-state index contributed by atoms with van der Waals surface area (Å²) in [5, 5.41) is 4.68. The molecule has 3 aromatic rings. The zero-order chi connectivity index (χ0) is 16.5. The van der Waals surface area contributed by atoms with Crippen molar-refractivity contribution in [3.05, 3.63) is 59.9 Å². The molecule has 0 bridgehead atoms. The van der Waals surface area contributed by atoms with E-state index in [0.717, 1.165) is 29.8 Å². The molecule has 0 atom stereocenters. The molecule has 0 saturated carbocycles. The number of furan rings is 1. The zero-order valence-corrected chi connectivity index (χ0v) is 13.5. The van der Waals surface area contributed by atoms with Crippen LogP contribution in [0.1, 0.15) is 28.2 Å². The first-order valence-corrected chi connectivity index (χ1v) is 8.02. The topological polar surface area (TPSA) is 64.2 Å². The Morgan fingerprint density at radius 1 is 1.29 bits per heavy atom. The normalized spacial score (nSPS) is 14.3. The lowest BCUT2D eigenvalue weighted by Crippen LogP contribution is -2.31. The van der Waals surface area contributed by atoms with Crippen LogP contribution in [0.25, 0.3) is 11.3 Å². The minimum absolute atomic E-state index is 0.0722. The minimum Gasteiger partial charge on any atom is -0.459 e. The highest BCUT2D eigenvalue weighted by molar-refractivity contribution is 5.91. The third-order valence-corrected chi connectivity index (χ3v) is 4.42. The number of hydrogen-bond donors (Lipinski definition) is 0. The van der Waals surface area contributed by atoms with E-state index in [1.165, 1.54) is 11.8 Å². The Hall–Kier alpha value is -2.89. The molecule has 4 rings (SSSR count). The quantitative estimate of drug-likeness (QED) is 0.727. The van der Waals surface area contributed by atoms with Gasteiger partial charge >= 0.3 is 0 Å². The number of aromatic nitrogens is 3. The van der Waals surface area contributed by atoms with Crippen molar-refractivity contribution in [2.45, 2.75) is 19.4 Å². The van der Waals surface area contributed by atoms with E-state index in [9.17, 15) is 4.79 Å². The Balaban J connectivity index is 1.69. The summed E-state index contributed by atoms with van der Waals surface area (Å²) in [6, 6.07) is 7.38. The monoisotopic (exact) mass is 322 g/mol. The molecule has 24 heavy (non-hydrogen) atoms. The van der Waals surface area contributed by atoms with Gasteiger partial charge in [0.25, 0.3) is 5.91 Å². The zero-order valence-electron chi connectivity index (χ0n) is 13.5. The largest absolute Gasteiger partial charge is 0.459 e. The maximum absolute atomic E-state index is 12.6. The van der Waals surface area contributed by atoms with Gasteiger partial charge in [-0.3, -0.25) is 14.5 Å². The van der Waals surface area contributed by atoms with Crippen molar-refractivity contribution < 1.29 is 9.21 Å². The van der Waals surface area contributed by atoms with Crippen molar-refractivity contribution in [1.82, 2.24) is 19.7 Å². The molecule has 6 heteroatoms. The third kappa shape index (κ3) is 2.50. The van der Waals surface area contributed by atoms with Gasteiger partial charge in [-0.05, 0) is 37.1 Å². The van der Waals surface area contributed by atoms with Crippen LogP contribution in [0.15, 0.2) is 47.3 Å². The van der Waals surface area contributed by atoms with Crippen LogP contribution in [0.5, 0.6) is 0 Å².